The molecule has 124 valence electrons. The van der Waals surface area contributed by atoms with Crippen LogP contribution in [0.3, 0.4) is 0 Å². The molecule has 0 saturated heterocycles. The standard InChI is InChI=1S/C18H16BrNO3S/c1-13-2-6-18(7-3-13)24(21,22)23-9-8-17-11-14-4-5-16(19)10-15(14)12-20-17/h2-7,10-12H,8-9H2,1H3. The van der Waals surface area contributed by atoms with Crippen LogP contribution in [0.2, 0.25) is 0 Å². The Labute approximate surface area is 149 Å². The third-order valence-corrected chi connectivity index (χ3v) is 5.47. The van der Waals surface area contributed by atoms with Gasteiger partial charge in [-0.05, 0) is 42.6 Å². The molecular weight excluding hydrogens is 390 g/mol. The third kappa shape index (κ3) is 4.01. The van der Waals surface area contributed by atoms with E-state index in [4.69, 9.17) is 4.18 Å². The zero-order valence-electron chi connectivity index (χ0n) is 13.1. The molecule has 0 radical (unpaired) electrons. The second-order valence-corrected chi connectivity index (χ2v) is 8.04. The van der Waals surface area contributed by atoms with Gasteiger partial charge >= 0.3 is 0 Å². The molecule has 0 aliphatic carbocycles. The molecule has 6 heteroatoms. The van der Waals surface area contributed by atoms with Gasteiger partial charge in [0.1, 0.15) is 0 Å². The number of benzene rings is 2. The number of nitrogens with zero attached hydrogens (tertiary/aromatic N) is 1. The minimum absolute atomic E-state index is 0.0608. The number of fused-ring (bicyclic) bond motifs is 1. The van der Waals surface area contributed by atoms with Crippen molar-refractivity contribution in [2.24, 2.45) is 0 Å². The molecule has 0 fully saturated rings. The molecule has 2 aromatic carbocycles. The second-order valence-electron chi connectivity index (χ2n) is 5.51. The summed E-state index contributed by atoms with van der Waals surface area (Å²) in [6, 6.07) is 14.5. The average Bonchev–Trinajstić information content (AvgIpc) is 2.55. The molecule has 3 aromatic rings. The van der Waals surface area contributed by atoms with Gasteiger partial charge in [-0.15, -0.1) is 0 Å². The van der Waals surface area contributed by atoms with Gasteiger partial charge in [0.15, 0.2) is 0 Å². The Morgan fingerprint density at radius 1 is 1.04 bits per heavy atom. The number of hydrogen-bond acceptors (Lipinski definition) is 4. The Morgan fingerprint density at radius 3 is 2.54 bits per heavy atom. The lowest BCUT2D eigenvalue weighted by molar-refractivity contribution is 0.321. The summed E-state index contributed by atoms with van der Waals surface area (Å²) >= 11 is 3.43. The van der Waals surface area contributed by atoms with Crippen LogP contribution in [0.15, 0.2) is 64.1 Å². The highest BCUT2D eigenvalue weighted by atomic mass is 79.9. The molecule has 1 aromatic heterocycles. The molecular formula is C18H16BrNO3S. The summed E-state index contributed by atoms with van der Waals surface area (Å²) in [5.74, 6) is 0. The van der Waals surface area contributed by atoms with E-state index in [-0.39, 0.29) is 11.5 Å². The first-order valence-corrected chi connectivity index (χ1v) is 9.64. The number of halogens is 1. The van der Waals surface area contributed by atoms with E-state index in [2.05, 4.69) is 20.9 Å². The van der Waals surface area contributed by atoms with E-state index >= 15 is 0 Å². The van der Waals surface area contributed by atoms with Gasteiger partial charge < -0.3 is 0 Å². The Kier molecular flexibility index (Phi) is 4.99. The van der Waals surface area contributed by atoms with Crippen LogP contribution in [0.25, 0.3) is 10.8 Å². The molecule has 4 nitrogen and oxygen atoms in total. The lowest BCUT2D eigenvalue weighted by Gasteiger charge is -2.07. The van der Waals surface area contributed by atoms with Crippen molar-refractivity contribution >= 4 is 36.8 Å². The topological polar surface area (TPSA) is 56.3 Å². The maximum Gasteiger partial charge on any atom is 0.296 e. The zero-order chi connectivity index (χ0) is 17.2. The largest absolute Gasteiger partial charge is 0.296 e. The van der Waals surface area contributed by atoms with Gasteiger partial charge in [0.2, 0.25) is 0 Å². The van der Waals surface area contributed by atoms with Gasteiger partial charge in [0, 0.05) is 28.2 Å². The van der Waals surface area contributed by atoms with Crippen molar-refractivity contribution in [3.05, 3.63) is 70.5 Å². The quantitative estimate of drug-likeness (QED) is 0.595. The summed E-state index contributed by atoms with van der Waals surface area (Å²) in [7, 11) is -3.73. The summed E-state index contributed by atoms with van der Waals surface area (Å²) in [5.41, 5.74) is 1.80. The van der Waals surface area contributed by atoms with Crippen LogP contribution < -0.4 is 0 Å². The lowest BCUT2D eigenvalue weighted by Crippen LogP contribution is -2.09. The van der Waals surface area contributed by atoms with Gasteiger partial charge in [-0.3, -0.25) is 9.17 Å². The van der Waals surface area contributed by atoms with Gasteiger partial charge in [0.25, 0.3) is 10.1 Å². The first-order valence-electron chi connectivity index (χ1n) is 7.44. The number of aryl methyl sites for hydroxylation is 1. The van der Waals surface area contributed by atoms with E-state index in [0.717, 1.165) is 26.5 Å². The van der Waals surface area contributed by atoms with Crippen LogP contribution in [0.4, 0.5) is 0 Å². The van der Waals surface area contributed by atoms with Crippen LogP contribution in [-0.2, 0) is 20.7 Å². The molecule has 0 bridgehead atoms. The number of rotatable bonds is 5. The van der Waals surface area contributed by atoms with Crippen molar-refractivity contribution in [1.29, 1.82) is 0 Å². The van der Waals surface area contributed by atoms with Crippen LogP contribution in [0.5, 0.6) is 0 Å². The fourth-order valence-corrected chi connectivity index (χ4v) is 3.61. The fourth-order valence-electron chi connectivity index (χ4n) is 2.32. The van der Waals surface area contributed by atoms with E-state index in [1.807, 2.05) is 31.2 Å². The summed E-state index contributed by atoms with van der Waals surface area (Å²) in [5, 5.41) is 2.09. The monoisotopic (exact) mass is 405 g/mol. The molecule has 0 N–H and O–H groups in total. The van der Waals surface area contributed by atoms with Gasteiger partial charge in [0.05, 0.1) is 11.5 Å². The van der Waals surface area contributed by atoms with Crippen molar-refractivity contribution in [3.8, 4) is 0 Å². The third-order valence-electron chi connectivity index (χ3n) is 3.65. The first-order chi connectivity index (χ1) is 11.4. The minimum Gasteiger partial charge on any atom is -0.266 e. The summed E-state index contributed by atoms with van der Waals surface area (Å²) in [6.07, 6.45) is 2.21. The van der Waals surface area contributed by atoms with Crippen molar-refractivity contribution < 1.29 is 12.6 Å². The second kappa shape index (κ2) is 7.01. The van der Waals surface area contributed by atoms with Crippen molar-refractivity contribution in [2.45, 2.75) is 18.2 Å². The smallest absolute Gasteiger partial charge is 0.266 e. The number of pyridine rings is 1. The van der Waals surface area contributed by atoms with E-state index in [1.165, 1.54) is 0 Å². The summed E-state index contributed by atoms with van der Waals surface area (Å²) in [4.78, 5) is 4.53. The molecule has 0 spiro atoms. The highest BCUT2D eigenvalue weighted by Gasteiger charge is 2.14. The van der Waals surface area contributed by atoms with Crippen LogP contribution >= 0.6 is 15.9 Å². The maximum absolute atomic E-state index is 12.1. The molecule has 3 rings (SSSR count). The lowest BCUT2D eigenvalue weighted by atomic mass is 10.1. The number of hydrogen-bond donors (Lipinski definition) is 0. The fraction of sp³-hybridized carbons (Fsp3) is 0.167. The Morgan fingerprint density at radius 2 is 1.79 bits per heavy atom. The summed E-state index contributed by atoms with van der Waals surface area (Å²) < 4.78 is 30.4. The van der Waals surface area contributed by atoms with Crippen LogP contribution in [0, 0.1) is 6.92 Å². The van der Waals surface area contributed by atoms with Crippen molar-refractivity contribution in [1.82, 2.24) is 4.98 Å². The summed E-state index contributed by atoms with van der Waals surface area (Å²) in [6.45, 7) is 1.96. The molecule has 0 aliphatic heterocycles. The molecule has 0 aliphatic rings. The zero-order valence-corrected chi connectivity index (χ0v) is 15.5. The van der Waals surface area contributed by atoms with E-state index in [9.17, 15) is 8.42 Å². The molecule has 0 amide bonds. The minimum atomic E-state index is -3.73. The van der Waals surface area contributed by atoms with E-state index in [0.29, 0.717) is 6.42 Å². The Hall–Kier alpha value is -1.76. The van der Waals surface area contributed by atoms with E-state index in [1.54, 1.807) is 30.5 Å². The first kappa shape index (κ1) is 17.1. The van der Waals surface area contributed by atoms with Gasteiger partial charge in [-0.2, -0.15) is 8.42 Å². The normalized spacial score (nSPS) is 11.8. The van der Waals surface area contributed by atoms with Crippen LogP contribution in [-0.4, -0.2) is 20.0 Å². The van der Waals surface area contributed by atoms with Gasteiger partial charge in [-0.1, -0.05) is 39.7 Å². The maximum atomic E-state index is 12.1. The Bertz CT molecular complexity index is 969. The van der Waals surface area contributed by atoms with Crippen molar-refractivity contribution in [2.75, 3.05) is 6.61 Å². The number of aromatic nitrogens is 1. The van der Waals surface area contributed by atoms with E-state index < -0.39 is 10.1 Å². The Balaban J connectivity index is 1.67. The van der Waals surface area contributed by atoms with Gasteiger partial charge in [-0.25, -0.2) is 0 Å². The molecule has 0 saturated carbocycles. The molecule has 0 unspecified atom stereocenters. The predicted octanol–water partition coefficient (Wildman–Crippen LogP) is 4.25. The highest BCUT2D eigenvalue weighted by molar-refractivity contribution is 9.10. The SMILES string of the molecule is Cc1ccc(S(=O)(=O)OCCc2cc3ccc(Br)cc3cn2)cc1. The van der Waals surface area contributed by atoms with Crippen molar-refractivity contribution in [3.63, 3.8) is 0 Å². The predicted molar refractivity (Wildman–Crippen MR) is 97.5 cm³/mol. The molecule has 1 heterocycles. The molecule has 0 atom stereocenters. The van der Waals surface area contributed by atoms with Crippen LogP contribution in [0.1, 0.15) is 11.3 Å². The average molecular weight is 406 g/mol. The molecule has 24 heavy (non-hydrogen) atoms. The highest BCUT2D eigenvalue weighted by Crippen LogP contribution is 2.20.